The molecule has 0 spiro atoms. The van der Waals surface area contributed by atoms with Crippen LogP contribution in [0, 0.1) is 28.6 Å². The van der Waals surface area contributed by atoms with Crippen LogP contribution in [0.15, 0.2) is 11.1 Å². The standard InChI is InChI=1S/C14H18N4O2/c1-7(19)12(8(2)20)13-10-5-3-4-9(10)11(6-15)14(16)18(13)17/h11-13,16H,3-5,17H2,1-2H3. The van der Waals surface area contributed by atoms with Gasteiger partial charge in [-0.3, -0.25) is 20.0 Å². The Morgan fingerprint density at radius 2 is 1.90 bits per heavy atom. The van der Waals surface area contributed by atoms with Crippen LogP contribution < -0.4 is 5.84 Å². The Morgan fingerprint density at radius 3 is 2.40 bits per heavy atom. The summed E-state index contributed by atoms with van der Waals surface area (Å²) in [6.45, 7) is 2.74. The summed E-state index contributed by atoms with van der Waals surface area (Å²) in [5.41, 5.74) is 1.79. The highest BCUT2D eigenvalue weighted by Crippen LogP contribution is 2.41. The largest absolute Gasteiger partial charge is 0.299 e. The molecule has 0 saturated carbocycles. The van der Waals surface area contributed by atoms with Gasteiger partial charge in [-0.2, -0.15) is 5.26 Å². The van der Waals surface area contributed by atoms with Crippen LogP contribution in [-0.2, 0) is 9.59 Å². The van der Waals surface area contributed by atoms with Crippen molar-refractivity contribution in [3.63, 3.8) is 0 Å². The molecule has 20 heavy (non-hydrogen) atoms. The first kappa shape index (κ1) is 14.4. The molecule has 6 nitrogen and oxygen atoms in total. The average Bonchev–Trinajstić information content (AvgIpc) is 2.83. The second-order valence-corrected chi connectivity index (χ2v) is 5.40. The second kappa shape index (κ2) is 5.17. The zero-order valence-electron chi connectivity index (χ0n) is 11.6. The maximum absolute atomic E-state index is 11.8. The molecule has 106 valence electrons. The van der Waals surface area contributed by atoms with Crippen molar-refractivity contribution in [2.45, 2.75) is 39.2 Å². The zero-order valence-corrected chi connectivity index (χ0v) is 11.6. The number of hydrazine groups is 1. The number of carbonyl (C=O) groups excluding carboxylic acids is 2. The Kier molecular flexibility index (Phi) is 3.73. The second-order valence-electron chi connectivity index (χ2n) is 5.40. The minimum Gasteiger partial charge on any atom is -0.299 e. The summed E-state index contributed by atoms with van der Waals surface area (Å²) in [6.07, 6.45) is 2.35. The van der Waals surface area contributed by atoms with Gasteiger partial charge in [-0.15, -0.1) is 0 Å². The summed E-state index contributed by atoms with van der Waals surface area (Å²) in [6, 6.07) is 1.50. The van der Waals surface area contributed by atoms with E-state index in [0.717, 1.165) is 35.4 Å². The molecule has 1 heterocycles. The van der Waals surface area contributed by atoms with Crippen molar-refractivity contribution < 1.29 is 9.59 Å². The van der Waals surface area contributed by atoms with Gasteiger partial charge in [0, 0.05) is 0 Å². The maximum Gasteiger partial charge on any atom is 0.142 e. The third-order valence-corrected chi connectivity index (χ3v) is 4.18. The van der Waals surface area contributed by atoms with Crippen LogP contribution in [0.2, 0.25) is 0 Å². The number of nitrogens with zero attached hydrogens (tertiary/aromatic N) is 2. The van der Waals surface area contributed by atoms with Gasteiger partial charge in [0.05, 0.1) is 12.1 Å². The van der Waals surface area contributed by atoms with Gasteiger partial charge in [-0.25, -0.2) is 5.84 Å². The lowest BCUT2D eigenvalue weighted by molar-refractivity contribution is -0.132. The number of carbonyl (C=O) groups is 2. The smallest absolute Gasteiger partial charge is 0.142 e. The van der Waals surface area contributed by atoms with E-state index in [1.165, 1.54) is 13.8 Å². The van der Waals surface area contributed by atoms with Crippen LogP contribution in [0.3, 0.4) is 0 Å². The van der Waals surface area contributed by atoms with Crippen LogP contribution >= 0.6 is 0 Å². The number of rotatable bonds is 3. The lowest BCUT2D eigenvalue weighted by atomic mass is 9.79. The number of hydrogen-bond acceptors (Lipinski definition) is 5. The third kappa shape index (κ3) is 2.04. The minimum atomic E-state index is -0.858. The average molecular weight is 274 g/mol. The molecule has 0 fully saturated rings. The minimum absolute atomic E-state index is 0.0225. The Hall–Kier alpha value is -2.00. The van der Waals surface area contributed by atoms with E-state index in [1.807, 2.05) is 0 Å². The summed E-state index contributed by atoms with van der Waals surface area (Å²) < 4.78 is 0. The molecular formula is C14H18N4O2. The first-order chi connectivity index (χ1) is 9.40. The quantitative estimate of drug-likeness (QED) is 0.452. The molecule has 0 aromatic carbocycles. The van der Waals surface area contributed by atoms with E-state index in [9.17, 15) is 14.9 Å². The Morgan fingerprint density at radius 1 is 1.35 bits per heavy atom. The topological polar surface area (TPSA) is 111 Å². The van der Waals surface area contributed by atoms with E-state index in [2.05, 4.69) is 6.07 Å². The van der Waals surface area contributed by atoms with Crippen molar-refractivity contribution in [2.24, 2.45) is 17.7 Å². The van der Waals surface area contributed by atoms with E-state index in [0.29, 0.717) is 0 Å². The zero-order chi connectivity index (χ0) is 15.0. The highest BCUT2D eigenvalue weighted by atomic mass is 16.1. The van der Waals surface area contributed by atoms with Gasteiger partial charge >= 0.3 is 0 Å². The van der Waals surface area contributed by atoms with Gasteiger partial charge in [-0.1, -0.05) is 0 Å². The monoisotopic (exact) mass is 274 g/mol. The molecule has 3 N–H and O–H groups in total. The molecule has 2 aliphatic rings. The Balaban J connectivity index is 2.55. The summed E-state index contributed by atoms with van der Waals surface area (Å²) in [5, 5.41) is 18.4. The predicted octanol–water partition coefficient (Wildman–Crippen LogP) is 0.936. The van der Waals surface area contributed by atoms with Gasteiger partial charge in [0.15, 0.2) is 0 Å². The van der Waals surface area contributed by atoms with E-state index >= 15 is 0 Å². The first-order valence-electron chi connectivity index (χ1n) is 6.64. The molecule has 1 aliphatic heterocycles. The molecule has 0 radical (unpaired) electrons. The number of nitriles is 1. The fraction of sp³-hybridized carbons (Fsp3) is 0.571. The predicted molar refractivity (Wildman–Crippen MR) is 72.4 cm³/mol. The van der Waals surface area contributed by atoms with E-state index in [1.54, 1.807) is 0 Å². The van der Waals surface area contributed by atoms with E-state index in [4.69, 9.17) is 11.3 Å². The van der Waals surface area contributed by atoms with Crippen molar-refractivity contribution in [3.8, 4) is 6.07 Å². The summed E-state index contributed by atoms with van der Waals surface area (Å²) in [7, 11) is 0. The number of Topliss-reactive ketones (excluding diaryl/α,β-unsaturated/α-hetero) is 2. The van der Waals surface area contributed by atoms with Crippen LogP contribution in [0.4, 0.5) is 0 Å². The number of amidine groups is 1. The van der Waals surface area contributed by atoms with Crippen LogP contribution in [-0.4, -0.2) is 28.5 Å². The molecule has 6 heteroatoms. The summed E-state index contributed by atoms with van der Waals surface area (Å²) in [4.78, 5) is 23.6. The SMILES string of the molecule is CC(=O)C(C(C)=O)C1C2=C(CCC2)C(C#N)C(=N)N1N. The normalized spacial score (nSPS) is 25.8. The van der Waals surface area contributed by atoms with Gasteiger partial charge in [0.1, 0.15) is 29.2 Å². The fourth-order valence-corrected chi connectivity index (χ4v) is 3.32. The Bertz CT molecular complexity index is 544. The van der Waals surface area contributed by atoms with Crippen molar-refractivity contribution in [2.75, 3.05) is 0 Å². The maximum atomic E-state index is 11.8. The van der Waals surface area contributed by atoms with Gasteiger partial charge < -0.3 is 0 Å². The van der Waals surface area contributed by atoms with Crippen LogP contribution in [0.1, 0.15) is 33.1 Å². The molecule has 0 bridgehead atoms. The van der Waals surface area contributed by atoms with Crippen LogP contribution in [0.25, 0.3) is 0 Å². The number of nitrogens with one attached hydrogen (secondary N) is 1. The molecule has 1 aliphatic carbocycles. The lowest BCUT2D eigenvalue weighted by Crippen LogP contribution is -2.57. The highest BCUT2D eigenvalue weighted by molar-refractivity contribution is 6.02. The van der Waals surface area contributed by atoms with Crippen molar-refractivity contribution in [3.05, 3.63) is 11.1 Å². The van der Waals surface area contributed by atoms with Gasteiger partial charge in [0.25, 0.3) is 0 Å². The van der Waals surface area contributed by atoms with Crippen LogP contribution in [0.5, 0.6) is 0 Å². The van der Waals surface area contributed by atoms with E-state index < -0.39 is 17.9 Å². The molecule has 0 saturated heterocycles. The molecule has 2 atom stereocenters. The summed E-state index contributed by atoms with van der Waals surface area (Å²) in [5.74, 6) is 3.91. The third-order valence-electron chi connectivity index (χ3n) is 4.18. The van der Waals surface area contributed by atoms with Crippen molar-refractivity contribution in [1.82, 2.24) is 5.01 Å². The molecular weight excluding hydrogens is 256 g/mol. The van der Waals surface area contributed by atoms with Crippen molar-refractivity contribution >= 4 is 17.4 Å². The van der Waals surface area contributed by atoms with Gasteiger partial charge in [-0.05, 0) is 44.3 Å². The fourth-order valence-electron chi connectivity index (χ4n) is 3.32. The summed E-state index contributed by atoms with van der Waals surface area (Å²) >= 11 is 0. The lowest BCUT2D eigenvalue weighted by Gasteiger charge is -2.40. The number of ketones is 2. The molecule has 0 amide bonds. The highest BCUT2D eigenvalue weighted by Gasteiger charge is 2.45. The molecule has 2 rings (SSSR count). The number of hydrogen-bond donors (Lipinski definition) is 2. The first-order valence-corrected chi connectivity index (χ1v) is 6.64. The number of nitrogens with two attached hydrogens (primary N) is 1. The Labute approximate surface area is 117 Å². The molecule has 0 aromatic rings. The van der Waals surface area contributed by atoms with Crippen molar-refractivity contribution in [1.29, 1.82) is 10.7 Å². The van der Waals surface area contributed by atoms with E-state index in [-0.39, 0.29) is 17.4 Å². The van der Waals surface area contributed by atoms with Gasteiger partial charge in [0.2, 0.25) is 0 Å². The molecule has 0 aromatic heterocycles. The molecule has 2 unspecified atom stereocenters.